The zero-order valence-corrected chi connectivity index (χ0v) is 14.7. The second kappa shape index (κ2) is 6.96. The molecule has 4 rings (SSSR count). The van der Waals surface area contributed by atoms with Gasteiger partial charge in [0.1, 0.15) is 5.75 Å². The molecule has 1 aromatic carbocycles. The van der Waals surface area contributed by atoms with Gasteiger partial charge in [-0.05, 0) is 53.4 Å². The maximum atomic E-state index is 12.3. The molecule has 3 aromatic heterocycles. The first kappa shape index (κ1) is 17.4. The van der Waals surface area contributed by atoms with Crippen LogP contribution in [0.1, 0.15) is 4.88 Å². The molecule has 0 aliphatic heterocycles. The smallest absolute Gasteiger partial charge is 0.406 e. The van der Waals surface area contributed by atoms with Gasteiger partial charge in [-0.2, -0.15) is 0 Å². The first-order chi connectivity index (χ1) is 13.0. The molecule has 0 spiro atoms. The highest BCUT2D eigenvalue weighted by Gasteiger charge is 2.31. The molecule has 0 unspecified atom stereocenters. The number of thiophene rings is 1. The number of halogens is 3. The zero-order valence-electron chi connectivity index (χ0n) is 13.9. The lowest BCUT2D eigenvalue weighted by atomic mass is 10.1. The Morgan fingerprint density at radius 1 is 1.07 bits per heavy atom. The van der Waals surface area contributed by atoms with Gasteiger partial charge in [-0.3, -0.25) is 0 Å². The van der Waals surface area contributed by atoms with Crippen molar-refractivity contribution in [2.45, 2.75) is 12.9 Å². The van der Waals surface area contributed by atoms with Gasteiger partial charge in [0.05, 0.1) is 17.8 Å². The Morgan fingerprint density at radius 2 is 1.89 bits per heavy atom. The van der Waals surface area contributed by atoms with E-state index >= 15 is 0 Å². The van der Waals surface area contributed by atoms with Crippen LogP contribution in [0.15, 0.2) is 66.3 Å². The number of rotatable bonds is 5. The van der Waals surface area contributed by atoms with E-state index in [0.29, 0.717) is 6.54 Å². The molecule has 0 fully saturated rings. The first-order valence-electron chi connectivity index (χ1n) is 8.08. The number of alkyl halides is 3. The van der Waals surface area contributed by atoms with E-state index in [1.807, 2.05) is 40.2 Å². The van der Waals surface area contributed by atoms with Gasteiger partial charge >= 0.3 is 6.36 Å². The molecule has 1 N–H and O–H groups in total. The summed E-state index contributed by atoms with van der Waals surface area (Å²) in [6, 6.07) is 13.7. The number of ether oxygens (including phenoxy) is 1. The molecule has 0 amide bonds. The number of nitrogens with zero attached hydrogens (tertiary/aromatic N) is 2. The molecule has 27 heavy (non-hydrogen) atoms. The standard InChI is InChI=1S/C19H14F3N3OS/c20-19(21,22)26-14-5-3-13(4-6-14)16-7-8-17-18(23-9-10-25(16)17)24-12-15-2-1-11-27-15/h1-11H,12H2,(H,23,24). The van der Waals surface area contributed by atoms with Crippen LogP contribution in [0.5, 0.6) is 5.75 Å². The molecule has 4 aromatic rings. The van der Waals surface area contributed by atoms with E-state index in [0.717, 1.165) is 22.6 Å². The van der Waals surface area contributed by atoms with Crippen LogP contribution >= 0.6 is 11.3 Å². The Bertz CT molecular complexity index is 1040. The van der Waals surface area contributed by atoms with E-state index < -0.39 is 6.36 Å². The summed E-state index contributed by atoms with van der Waals surface area (Å²) in [6.07, 6.45) is -1.19. The summed E-state index contributed by atoms with van der Waals surface area (Å²) in [4.78, 5) is 5.60. The van der Waals surface area contributed by atoms with Crippen LogP contribution in [-0.2, 0) is 6.54 Å². The number of aromatic nitrogens is 2. The van der Waals surface area contributed by atoms with Gasteiger partial charge in [0.25, 0.3) is 0 Å². The largest absolute Gasteiger partial charge is 0.573 e. The van der Waals surface area contributed by atoms with E-state index in [1.54, 1.807) is 29.7 Å². The average Bonchev–Trinajstić information content (AvgIpc) is 3.29. The number of nitrogens with one attached hydrogen (secondary N) is 1. The lowest BCUT2D eigenvalue weighted by molar-refractivity contribution is -0.274. The van der Waals surface area contributed by atoms with Crippen LogP contribution in [-0.4, -0.2) is 15.7 Å². The normalized spacial score (nSPS) is 11.7. The summed E-state index contributed by atoms with van der Waals surface area (Å²) >= 11 is 1.67. The van der Waals surface area contributed by atoms with Gasteiger partial charge in [0.2, 0.25) is 0 Å². The first-order valence-corrected chi connectivity index (χ1v) is 8.96. The Morgan fingerprint density at radius 3 is 2.59 bits per heavy atom. The summed E-state index contributed by atoms with van der Waals surface area (Å²) in [7, 11) is 0. The summed E-state index contributed by atoms with van der Waals surface area (Å²) < 4.78 is 42.8. The predicted octanol–water partition coefficient (Wildman–Crippen LogP) is 5.57. The average molecular weight is 389 g/mol. The minimum atomic E-state index is -4.70. The van der Waals surface area contributed by atoms with E-state index in [4.69, 9.17) is 0 Å². The van der Waals surface area contributed by atoms with Crippen LogP contribution in [0.25, 0.3) is 16.8 Å². The Hall–Kier alpha value is -3.00. The molecule has 0 saturated heterocycles. The molecule has 4 nitrogen and oxygen atoms in total. The Kier molecular flexibility index (Phi) is 4.49. The molecule has 0 aliphatic carbocycles. The second-order valence-corrected chi connectivity index (χ2v) is 6.79. The molecule has 0 atom stereocenters. The predicted molar refractivity (Wildman–Crippen MR) is 99.0 cm³/mol. The number of hydrogen-bond donors (Lipinski definition) is 1. The molecule has 0 aliphatic rings. The fraction of sp³-hybridized carbons (Fsp3) is 0.105. The number of anilines is 1. The number of fused-ring (bicyclic) bond motifs is 1. The van der Waals surface area contributed by atoms with Crippen molar-refractivity contribution in [2.24, 2.45) is 0 Å². The van der Waals surface area contributed by atoms with Crippen molar-refractivity contribution < 1.29 is 17.9 Å². The van der Waals surface area contributed by atoms with Crippen molar-refractivity contribution in [1.82, 2.24) is 9.38 Å². The van der Waals surface area contributed by atoms with Crippen molar-refractivity contribution >= 4 is 22.7 Å². The van der Waals surface area contributed by atoms with E-state index in [9.17, 15) is 13.2 Å². The number of benzene rings is 1. The Labute approximate surface area is 156 Å². The maximum absolute atomic E-state index is 12.3. The van der Waals surface area contributed by atoms with Crippen molar-refractivity contribution in [1.29, 1.82) is 0 Å². The lowest BCUT2D eigenvalue weighted by Gasteiger charge is -2.10. The zero-order chi connectivity index (χ0) is 18.9. The van der Waals surface area contributed by atoms with Crippen molar-refractivity contribution in [2.75, 3.05) is 5.32 Å². The van der Waals surface area contributed by atoms with Gasteiger partial charge in [0, 0.05) is 17.3 Å². The third kappa shape index (κ3) is 3.90. The summed E-state index contributed by atoms with van der Waals surface area (Å²) in [5.74, 6) is 0.501. The third-order valence-electron chi connectivity index (χ3n) is 3.97. The monoisotopic (exact) mass is 389 g/mol. The van der Waals surface area contributed by atoms with E-state index in [1.165, 1.54) is 17.0 Å². The second-order valence-electron chi connectivity index (χ2n) is 5.75. The topological polar surface area (TPSA) is 38.6 Å². The maximum Gasteiger partial charge on any atom is 0.573 e. The van der Waals surface area contributed by atoms with Crippen LogP contribution in [0.3, 0.4) is 0 Å². The quantitative estimate of drug-likeness (QED) is 0.485. The minimum absolute atomic E-state index is 0.243. The molecular weight excluding hydrogens is 375 g/mol. The fourth-order valence-corrected chi connectivity index (χ4v) is 3.47. The molecule has 0 bridgehead atoms. The van der Waals surface area contributed by atoms with E-state index in [-0.39, 0.29) is 5.75 Å². The highest BCUT2D eigenvalue weighted by molar-refractivity contribution is 7.09. The summed E-state index contributed by atoms with van der Waals surface area (Å²) in [5.41, 5.74) is 2.52. The van der Waals surface area contributed by atoms with Crippen molar-refractivity contribution in [3.8, 4) is 17.0 Å². The molecule has 8 heteroatoms. The third-order valence-corrected chi connectivity index (χ3v) is 4.85. The Balaban J connectivity index is 1.60. The minimum Gasteiger partial charge on any atom is -0.406 e. The molecule has 0 radical (unpaired) electrons. The molecular formula is C19H14F3N3OS. The van der Waals surface area contributed by atoms with Crippen LogP contribution in [0.4, 0.5) is 19.0 Å². The van der Waals surface area contributed by atoms with Crippen molar-refractivity contribution in [3.05, 3.63) is 71.2 Å². The van der Waals surface area contributed by atoms with Gasteiger partial charge in [-0.25, -0.2) is 4.98 Å². The lowest BCUT2D eigenvalue weighted by Crippen LogP contribution is -2.16. The van der Waals surface area contributed by atoms with Gasteiger partial charge < -0.3 is 14.5 Å². The SMILES string of the molecule is FC(F)(F)Oc1ccc(-c2ccc3c(NCc4cccs4)nccn23)cc1. The molecule has 138 valence electrons. The van der Waals surface area contributed by atoms with Gasteiger partial charge in [-0.1, -0.05) is 6.07 Å². The molecule has 3 heterocycles. The highest BCUT2D eigenvalue weighted by Crippen LogP contribution is 2.29. The van der Waals surface area contributed by atoms with Crippen LogP contribution in [0.2, 0.25) is 0 Å². The summed E-state index contributed by atoms with van der Waals surface area (Å²) in [5, 5.41) is 5.34. The van der Waals surface area contributed by atoms with Gasteiger partial charge in [-0.15, -0.1) is 24.5 Å². The van der Waals surface area contributed by atoms with Crippen LogP contribution in [0, 0.1) is 0 Å². The molecule has 0 saturated carbocycles. The highest BCUT2D eigenvalue weighted by atomic mass is 32.1. The van der Waals surface area contributed by atoms with Crippen LogP contribution < -0.4 is 10.1 Å². The van der Waals surface area contributed by atoms with Gasteiger partial charge in [0.15, 0.2) is 5.82 Å². The summed E-state index contributed by atoms with van der Waals surface area (Å²) in [6.45, 7) is 0.675. The number of hydrogen-bond acceptors (Lipinski definition) is 4. The van der Waals surface area contributed by atoms with E-state index in [2.05, 4.69) is 15.0 Å². The fourth-order valence-electron chi connectivity index (χ4n) is 2.83. The van der Waals surface area contributed by atoms with Crippen molar-refractivity contribution in [3.63, 3.8) is 0 Å².